The van der Waals surface area contributed by atoms with Crippen LogP contribution in [0.4, 0.5) is 19.2 Å². The molecular formula is C10H10F3N5O2. The van der Waals surface area contributed by atoms with Crippen LogP contribution in [0.1, 0.15) is 16.1 Å². The number of nitrogens with two attached hydrogens (primary N) is 1. The molecule has 10 heteroatoms. The van der Waals surface area contributed by atoms with Crippen LogP contribution in [0.2, 0.25) is 0 Å². The van der Waals surface area contributed by atoms with Crippen LogP contribution < -0.4 is 11.1 Å². The average molecular weight is 289 g/mol. The number of anilines is 1. The molecule has 0 atom stereocenters. The molecule has 0 aliphatic carbocycles. The van der Waals surface area contributed by atoms with Gasteiger partial charge < -0.3 is 15.5 Å². The minimum absolute atomic E-state index is 0.0112. The number of oxazole rings is 1. The summed E-state index contributed by atoms with van der Waals surface area (Å²) in [6.45, 7) is -1.17. The lowest BCUT2D eigenvalue weighted by Gasteiger charge is -2.05. The Morgan fingerprint density at radius 1 is 1.45 bits per heavy atom. The number of halogens is 3. The molecule has 0 aromatic carbocycles. The summed E-state index contributed by atoms with van der Waals surface area (Å²) in [6, 6.07) is -0.145. The van der Waals surface area contributed by atoms with Crippen molar-refractivity contribution in [3.8, 4) is 0 Å². The monoisotopic (exact) mass is 289 g/mol. The van der Waals surface area contributed by atoms with Gasteiger partial charge in [-0.05, 0) is 0 Å². The van der Waals surface area contributed by atoms with Crippen LogP contribution in [0.25, 0.3) is 0 Å². The van der Waals surface area contributed by atoms with Gasteiger partial charge in [0, 0.05) is 18.3 Å². The number of alkyl halides is 3. The van der Waals surface area contributed by atoms with Crippen molar-refractivity contribution in [3.05, 3.63) is 29.9 Å². The summed E-state index contributed by atoms with van der Waals surface area (Å²) in [5, 5.41) is 5.99. The molecule has 108 valence electrons. The van der Waals surface area contributed by atoms with Gasteiger partial charge in [0.05, 0.1) is 12.4 Å². The molecule has 0 saturated carbocycles. The molecule has 20 heavy (non-hydrogen) atoms. The molecular weight excluding hydrogens is 279 g/mol. The number of carbonyl (C=O) groups is 1. The molecule has 0 saturated heterocycles. The number of carbonyl (C=O) groups excluding carboxylic acids is 1. The predicted octanol–water partition coefficient (Wildman–Crippen LogP) is 0.946. The van der Waals surface area contributed by atoms with Crippen molar-refractivity contribution in [2.45, 2.75) is 19.3 Å². The maximum atomic E-state index is 12.1. The second-order valence-corrected chi connectivity index (χ2v) is 3.91. The summed E-state index contributed by atoms with van der Waals surface area (Å²) in [7, 11) is 0. The first-order chi connectivity index (χ1) is 9.33. The molecule has 2 rings (SSSR count). The average Bonchev–Trinajstić information content (AvgIpc) is 2.93. The molecule has 1 amide bonds. The van der Waals surface area contributed by atoms with E-state index < -0.39 is 18.6 Å². The number of nitrogens with zero attached hydrogens (tertiary/aromatic N) is 3. The van der Waals surface area contributed by atoms with Gasteiger partial charge in [-0.1, -0.05) is 0 Å². The molecule has 2 aromatic rings. The van der Waals surface area contributed by atoms with Gasteiger partial charge in [-0.2, -0.15) is 18.3 Å². The van der Waals surface area contributed by atoms with Crippen molar-refractivity contribution in [2.75, 3.05) is 5.73 Å². The highest BCUT2D eigenvalue weighted by Crippen LogP contribution is 2.17. The van der Waals surface area contributed by atoms with Crippen LogP contribution in [-0.2, 0) is 13.1 Å². The topological polar surface area (TPSA) is 99.0 Å². The number of aromatic nitrogens is 3. The lowest BCUT2D eigenvalue weighted by Crippen LogP contribution is -2.22. The number of nitrogens with one attached hydrogen (secondary N) is 1. The Bertz CT molecular complexity index is 604. The molecule has 2 aromatic heterocycles. The van der Waals surface area contributed by atoms with Crippen LogP contribution in [0.3, 0.4) is 0 Å². The van der Waals surface area contributed by atoms with Crippen LogP contribution in [-0.4, -0.2) is 26.8 Å². The van der Waals surface area contributed by atoms with E-state index in [0.717, 1.165) is 10.9 Å². The van der Waals surface area contributed by atoms with Gasteiger partial charge in [0.15, 0.2) is 0 Å². The minimum atomic E-state index is -4.34. The van der Waals surface area contributed by atoms with E-state index >= 15 is 0 Å². The fourth-order valence-corrected chi connectivity index (χ4v) is 1.43. The first kappa shape index (κ1) is 13.9. The summed E-state index contributed by atoms with van der Waals surface area (Å²) in [4.78, 5) is 15.1. The fraction of sp³-hybridized carbons (Fsp3) is 0.300. The summed E-state index contributed by atoms with van der Waals surface area (Å²) in [5.41, 5.74) is 5.63. The summed E-state index contributed by atoms with van der Waals surface area (Å²) < 4.78 is 41.9. The van der Waals surface area contributed by atoms with Gasteiger partial charge in [-0.15, -0.1) is 0 Å². The number of amides is 1. The molecule has 2 heterocycles. The highest BCUT2D eigenvalue weighted by atomic mass is 19.4. The molecule has 7 nitrogen and oxygen atoms in total. The molecule has 0 unspecified atom stereocenters. The van der Waals surface area contributed by atoms with Crippen molar-refractivity contribution in [2.24, 2.45) is 0 Å². The van der Waals surface area contributed by atoms with Gasteiger partial charge in [-0.25, -0.2) is 4.98 Å². The SMILES string of the molecule is Nc1ncc(C(=O)NCc2cnn(CC(F)(F)F)c2)o1. The summed E-state index contributed by atoms with van der Waals surface area (Å²) >= 11 is 0. The highest BCUT2D eigenvalue weighted by molar-refractivity contribution is 5.91. The first-order valence-corrected chi connectivity index (χ1v) is 5.41. The van der Waals surface area contributed by atoms with Gasteiger partial charge in [0.2, 0.25) is 5.76 Å². The Kier molecular flexibility index (Phi) is 3.63. The van der Waals surface area contributed by atoms with E-state index in [4.69, 9.17) is 10.2 Å². The van der Waals surface area contributed by atoms with E-state index in [1.165, 1.54) is 12.4 Å². The molecule has 0 bridgehead atoms. The Labute approximate surface area is 110 Å². The van der Waals surface area contributed by atoms with Crippen molar-refractivity contribution < 1.29 is 22.4 Å². The molecule has 0 aliphatic rings. The maximum absolute atomic E-state index is 12.1. The highest BCUT2D eigenvalue weighted by Gasteiger charge is 2.28. The van der Waals surface area contributed by atoms with E-state index in [9.17, 15) is 18.0 Å². The lowest BCUT2D eigenvalue weighted by molar-refractivity contribution is -0.142. The number of hydrogen-bond acceptors (Lipinski definition) is 5. The van der Waals surface area contributed by atoms with Crippen LogP contribution >= 0.6 is 0 Å². The zero-order valence-corrected chi connectivity index (χ0v) is 10.0. The van der Waals surface area contributed by atoms with Crippen molar-refractivity contribution in [3.63, 3.8) is 0 Å². The van der Waals surface area contributed by atoms with Crippen molar-refractivity contribution >= 4 is 11.9 Å². The van der Waals surface area contributed by atoms with E-state index in [-0.39, 0.29) is 18.3 Å². The third-order valence-corrected chi connectivity index (χ3v) is 2.23. The predicted molar refractivity (Wildman–Crippen MR) is 60.4 cm³/mol. The number of rotatable bonds is 4. The zero-order chi connectivity index (χ0) is 14.8. The lowest BCUT2D eigenvalue weighted by atomic mass is 10.3. The van der Waals surface area contributed by atoms with E-state index in [1.54, 1.807) is 0 Å². The van der Waals surface area contributed by atoms with E-state index in [2.05, 4.69) is 15.4 Å². The fourth-order valence-electron chi connectivity index (χ4n) is 1.43. The van der Waals surface area contributed by atoms with E-state index in [0.29, 0.717) is 5.56 Å². The Hall–Kier alpha value is -2.52. The second-order valence-electron chi connectivity index (χ2n) is 3.91. The Morgan fingerprint density at radius 2 is 2.20 bits per heavy atom. The normalized spacial score (nSPS) is 11.6. The van der Waals surface area contributed by atoms with E-state index in [1.807, 2.05) is 0 Å². The smallest absolute Gasteiger partial charge is 0.408 e. The Morgan fingerprint density at radius 3 is 2.80 bits per heavy atom. The summed E-state index contributed by atoms with van der Waals surface area (Å²) in [6.07, 6.45) is -0.759. The molecule has 0 aliphatic heterocycles. The van der Waals surface area contributed by atoms with Gasteiger partial charge >= 0.3 is 6.18 Å². The molecule has 0 radical (unpaired) electrons. The minimum Gasteiger partial charge on any atom is -0.418 e. The second kappa shape index (κ2) is 5.23. The van der Waals surface area contributed by atoms with Crippen LogP contribution in [0.15, 0.2) is 23.0 Å². The van der Waals surface area contributed by atoms with Gasteiger partial charge in [0.25, 0.3) is 11.9 Å². The standard InChI is InChI=1S/C10H10F3N5O2/c11-10(12,13)5-18-4-6(2-17-18)1-15-8(19)7-3-16-9(14)20-7/h2-4H,1,5H2,(H2,14,16)(H,15,19). The van der Waals surface area contributed by atoms with Gasteiger partial charge in [0.1, 0.15) is 6.54 Å². The van der Waals surface area contributed by atoms with Gasteiger partial charge in [-0.3, -0.25) is 9.48 Å². The number of nitrogen functional groups attached to an aromatic ring is 1. The largest absolute Gasteiger partial charge is 0.418 e. The molecule has 0 spiro atoms. The first-order valence-electron chi connectivity index (χ1n) is 5.41. The zero-order valence-electron chi connectivity index (χ0n) is 10.0. The molecule has 0 fully saturated rings. The Balaban J connectivity index is 1.90. The number of hydrogen-bond donors (Lipinski definition) is 2. The van der Waals surface area contributed by atoms with Crippen molar-refractivity contribution in [1.82, 2.24) is 20.1 Å². The van der Waals surface area contributed by atoms with Crippen LogP contribution in [0.5, 0.6) is 0 Å². The quantitative estimate of drug-likeness (QED) is 0.873. The third-order valence-electron chi connectivity index (χ3n) is 2.23. The van der Waals surface area contributed by atoms with Crippen molar-refractivity contribution in [1.29, 1.82) is 0 Å². The molecule has 3 N–H and O–H groups in total. The maximum Gasteiger partial charge on any atom is 0.408 e. The third kappa shape index (κ3) is 3.73. The van der Waals surface area contributed by atoms with Crippen LogP contribution in [0, 0.1) is 0 Å². The summed E-state index contributed by atoms with van der Waals surface area (Å²) in [5.74, 6) is -0.650.